The molecule has 1 aliphatic rings. The summed E-state index contributed by atoms with van der Waals surface area (Å²) in [5.41, 5.74) is 2.97. The second-order valence-electron chi connectivity index (χ2n) is 7.82. The molecule has 1 saturated heterocycles. The van der Waals surface area contributed by atoms with Gasteiger partial charge in [-0.15, -0.1) is 10.2 Å². The molecule has 3 aromatic rings. The van der Waals surface area contributed by atoms with Crippen LogP contribution in [0.5, 0.6) is 5.75 Å². The highest BCUT2D eigenvalue weighted by Crippen LogP contribution is 2.26. The summed E-state index contributed by atoms with van der Waals surface area (Å²) >= 11 is 3.42. The van der Waals surface area contributed by atoms with Gasteiger partial charge in [0.15, 0.2) is 5.82 Å². The van der Waals surface area contributed by atoms with Crippen LogP contribution in [0, 0.1) is 5.92 Å². The van der Waals surface area contributed by atoms with Crippen LogP contribution < -0.4 is 15.0 Å². The fraction of sp³-hybridized carbons (Fsp3) is 0.292. The summed E-state index contributed by atoms with van der Waals surface area (Å²) in [6.07, 6.45) is 2.39. The lowest BCUT2D eigenvalue weighted by Crippen LogP contribution is -2.33. The minimum absolute atomic E-state index is 0.210. The zero-order valence-corrected chi connectivity index (χ0v) is 19.2. The number of anilines is 2. The van der Waals surface area contributed by atoms with E-state index in [-0.39, 0.29) is 5.91 Å². The van der Waals surface area contributed by atoms with Crippen molar-refractivity contribution in [3.8, 4) is 17.0 Å². The molecule has 31 heavy (non-hydrogen) atoms. The van der Waals surface area contributed by atoms with Crippen molar-refractivity contribution in [1.29, 1.82) is 0 Å². The first-order chi connectivity index (χ1) is 15.0. The van der Waals surface area contributed by atoms with Crippen LogP contribution in [0.25, 0.3) is 11.3 Å². The van der Waals surface area contributed by atoms with Crippen molar-refractivity contribution < 1.29 is 9.53 Å². The smallest absolute Gasteiger partial charge is 0.256 e. The predicted molar refractivity (Wildman–Crippen MR) is 127 cm³/mol. The van der Waals surface area contributed by atoms with Crippen molar-refractivity contribution in [3.63, 3.8) is 0 Å². The highest BCUT2D eigenvalue weighted by Gasteiger charge is 2.17. The minimum Gasteiger partial charge on any atom is -0.497 e. The number of benzene rings is 2. The van der Waals surface area contributed by atoms with Crippen molar-refractivity contribution in [2.75, 3.05) is 30.4 Å². The summed E-state index contributed by atoms with van der Waals surface area (Å²) in [6.45, 7) is 4.37. The lowest BCUT2D eigenvalue weighted by atomic mass is 9.99. The van der Waals surface area contributed by atoms with Crippen LogP contribution >= 0.6 is 15.9 Å². The van der Waals surface area contributed by atoms with Gasteiger partial charge in [0, 0.05) is 28.8 Å². The Hall–Kier alpha value is -2.93. The van der Waals surface area contributed by atoms with Gasteiger partial charge in [-0.1, -0.05) is 19.1 Å². The normalized spacial score (nSPS) is 14.4. The number of hydrogen-bond acceptors (Lipinski definition) is 5. The maximum absolute atomic E-state index is 12.6. The lowest BCUT2D eigenvalue weighted by molar-refractivity contribution is 0.102. The number of hydrogen-bond donors (Lipinski definition) is 1. The topological polar surface area (TPSA) is 67.3 Å². The Bertz CT molecular complexity index is 1050. The van der Waals surface area contributed by atoms with Gasteiger partial charge in [-0.05, 0) is 77.2 Å². The molecule has 7 heteroatoms. The molecule has 0 unspecified atom stereocenters. The summed E-state index contributed by atoms with van der Waals surface area (Å²) < 4.78 is 5.92. The van der Waals surface area contributed by atoms with Gasteiger partial charge >= 0.3 is 0 Å². The number of nitrogens with one attached hydrogen (secondary N) is 1. The molecule has 1 aliphatic heterocycles. The number of carbonyl (C=O) groups is 1. The number of methoxy groups -OCH3 is 1. The molecule has 2 aromatic carbocycles. The maximum Gasteiger partial charge on any atom is 0.256 e. The van der Waals surface area contributed by atoms with Crippen molar-refractivity contribution >= 4 is 33.3 Å². The van der Waals surface area contributed by atoms with Gasteiger partial charge in [0.1, 0.15) is 5.75 Å². The zero-order valence-electron chi connectivity index (χ0n) is 17.6. The second kappa shape index (κ2) is 9.47. The van der Waals surface area contributed by atoms with E-state index in [0.717, 1.165) is 36.1 Å². The Morgan fingerprint density at radius 2 is 1.81 bits per heavy atom. The standard InChI is InChI=1S/C24H25BrN4O2/c1-16-11-13-29(14-12-16)23-10-9-22(27-28-23)17-3-5-18(6-4-17)26-24(30)20-15-19(31-2)7-8-21(20)25/h3-10,15-16H,11-14H2,1-2H3,(H,26,30). The third kappa shape index (κ3) is 5.05. The molecule has 1 amide bonds. The zero-order chi connectivity index (χ0) is 21.8. The van der Waals surface area contributed by atoms with E-state index in [4.69, 9.17) is 4.74 Å². The van der Waals surface area contributed by atoms with E-state index in [1.165, 1.54) is 12.8 Å². The molecule has 0 radical (unpaired) electrons. The Balaban J connectivity index is 1.43. The molecule has 0 spiro atoms. The van der Waals surface area contributed by atoms with Gasteiger partial charge in [0.2, 0.25) is 0 Å². The van der Waals surface area contributed by atoms with Gasteiger partial charge in [0.25, 0.3) is 5.91 Å². The number of rotatable bonds is 5. The number of halogens is 1. The van der Waals surface area contributed by atoms with Crippen LogP contribution in [0.3, 0.4) is 0 Å². The van der Waals surface area contributed by atoms with Crippen molar-refractivity contribution in [2.45, 2.75) is 19.8 Å². The number of aromatic nitrogens is 2. The van der Waals surface area contributed by atoms with Gasteiger partial charge in [-0.25, -0.2) is 0 Å². The van der Waals surface area contributed by atoms with E-state index in [1.54, 1.807) is 25.3 Å². The molecule has 2 heterocycles. The molecule has 0 bridgehead atoms. The van der Waals surface area contributed by atoms with E-state index in [0.29, 0.717) is 21.5 Å². The molecular weight excluding hydrogens is 456 g/mol. The average Bonchev–Trinajstić information content (AvgIpc) is 2.80. The quantitative estimate of drug-likeness (QED) is 0.529. The predicted octanol–water partition coefficient (Wildman–Crippen LogP) is 5.40. The first-order valence-electron chi connectivity index (χ1n) is 10.4. The number of ether oxygens (including phenoxy) is 1. The second-order valence-corrected chi connectivity index (χ2v) is 8.68. The van der Waals surface area contributed by atoms with Crippen molar-refractivity contribution in [2.24, 2.45) is 5.92 Å². The summed E-state index contributed by atoms with van der Waals surface area (Å²) in [4.78, 5) is 14.9. The number of carbonyl (C=O) groups excluding carboxylic acids is 1. The monoisotopic (exact) mass is 480 g/mol. The lowest BCUT2D eigenvalue weighted by Gasteiger charge is -2.30. The highest BCUT2D eigenvalue weighted by atomic mass is 79.9. The van der Waals surface area contributed by atoms with E-state index >= 15 is 0 Å². The fourth-order valence-electron chi connectivity index (χ4n) is 3.61. The summed E-state index contributed by atoms with van der Waals surface area (Å²) in [5.74, 6) is 2.14. The Morgan fingerprint density at radius 1 is 1.06 bits per heavy atom. The van der Waals surface area contributed by atoms with E-state index in [1.807, 2.05) is 36.4 Å². The first-order valence-corrected chi connectivity index (χ1v) is 11.2. The maximum atomic E-state index is 12.6. The average molecular weight is 481 g/mol. The number of nitrogens with zero attached hydrogens (tertiary/aromatic N) is 3. The molecule has 0 saturated carbocycles. The van der Waals surface area contributed by atoms with Gasteiger partial charge < -0.3 is 15.0 Å². The molecule has 0 aliphatic carbocycles. The summed E-state index contributed by atoms with van der Waals surface area (Å²) in [5, 5.41) is 11.8. The van der Waals surface area contributed by atoms with Crippen molar-refractivity contribution in [3.05, 3.63) is 64.6 Å². The van der Waals surface area contributed by atoms with Gasteiger partial charge in [0.05, 0.1) is 18.4 Å². The third-order valence-electron chi connectivity index (χ3n) is 5.61. The summed E-state index contributed by atoms with van der Waals surface area (Å²) in [6, 6.07) is 16.9. The molecule has 160 valence electrons. The Kier molecular flexibility index (Phi) is 6.51. The van der Waals surface area contributed by atoms with Gasteiger partial charge in [-0.2, -0.15) is 0 Å². The molecular formula is C24H25BrN4O2. The fourth-order valence-corrected chi connectivity index (χ4v) is 4.04. The molecule has 1 N–H and O–H groups in total. The molecule has 4 rings (SSSR count). The molecule has 0 atom stereocenters. The largest absolute Gasteiger partial charge is 0.497 e. The van der Waals surface area contributed by atoms with E-state index < -0.39 is 0 Å². The van der Waals surface area contributed by atoms with Crippen LogP contribution in [0.1, 0.15) is 30.1 Å². The van der Waals surface area contributed by atoms with E-state index in [2.05, 4.69) is 43.3 Å². The molecule has 6 nitrogen and oxygen atoms in total. The van der Waals surface area contributed by atoms with E-state index in [9.17, 15) is 4.79 Å². The SMILES string of the molecule is COc1ccc(Br)c(C(=O)Nc2ccc(-c3ccc(N4CCC(C)CC4)nn3)cc2)c1. The molecule has 1 aromatic heterocycles. The van der Waals surface area contributed by atoms with Gasteiger partial charge in [-0.3, -0.25) is 4.79 Å². The minimum atomic E-state index is -0.210. The highest BCUT2D eigenvalue weighted by molar-refractivity contribution is 9.10. The van der Waals surface area contributed by atoms with Crippen LogP contribution in [0.2, 0.25) is 0 Å². The van der Waals surface area contributed by atoms with Crippen LogP contribution in [0.15, 0.2) is 59.1 Å². The Labute approximate surface area is 190 Å². The molecule has 1 fully saturated rings. The van der Waals surface area contributed by atoms with Crippen LogP contribution in [-0.2, 0) is 0 Å². The van der Waals surface area contributed by atoms with Crippen LogP contribution in [-0.4, -0.2) is 36.3 Å². The van der Waals surface area contributed by atoms with Crippen LogP contribution in [0.4, 0.5) is 11.5 Å². The third-order valence-corrected chi connectivity index (χ3v) is 6.31. The summed E-state index contributed by atoms with van der Waals surface area (Å²) in [7, 11) is 1.58. The number of amides is 1. The number of piperidine rings is 1. The Morgan fingerprint density at radius 3 is 2.45 bits per heavy atom. The first kappa shape index (κ1) is 21.3. The van der Waals surface area contributed by atoms with Crippen molar-refractivity contribution in [1.82, 2.24) is 10.2 Å².